The summed E-state index contributed by atoms with van der Waals surface area (Å²) in [5.74, 6) is 0.237. The summed E-state index contributed by atoms with van der Waals surface area (Å²) in [5, 5.41) is 9.07. The quantitative estimate of drug-likeness (QED) is 0.906. The smallest absolute Gasteiger partial charge is 0.407 e. The van der Waals surface area contributed by atoms with E-state index in [9.17, 15) is 9.59 Å². The van der Waals surface area contributed by atoms with Gasteiger partial charge in [-0.25, -0.2) is 14.6 Å². The molecule has 0 saturated carbocycles. The summed E-state index contributed by atoms with van der Waals surface area (Å²) in [5.41, 5.74) is 2.46. The molecule has 0 atom stereocenters. The number of rotatable bonds is 2. The molecular weight excluding hydrogens is 320 g/mol. The first kappa shape index (κ1) is 17.5. The van der Waals surface area contributed by atoms with Gasteiger partial charge >= 0.3 is 11.8 Å². The van der Waals surface area contributed by atoms with Gasteiger partial charge in [-0.3, -0.25) is 9.13 Å². The normalized spacial score (nSPS) is 16.6. The van der Waals surface area contributed by atoms with Gasteiger partial charge in [-0.05, 0) is 30.4 Å². The second-order valence-corrected chi connectivity index (χ2v) is 8.11. The molecule has 1 fully saturated rings. The molecule has 3 rings (SSSR count). The summed E-state index contributed by atoms with van der Waals surface area (Å²) in [6.45, 7) is 8.03. The standard InChI is InChI=1S/C18H26N4O3/c1-18(2,3)11-22-14-6-5-13(19-15(14)20(4)16(22)23)12-7-9-21(10-8-12)17(24)25/h5-6,12H,7-11H2,1-4H3,(H,24,25). The Hall–Kier alpha value is -2.31. The van der Waals surface area contributed by atoms with Gasteiger partial charge in [0.2, 0.25) is 0 Å². The van der Waals surface area contributed by atoms with Crippen molar-refractivity contribution in [3.63, 3.8) is 0 Å². The molecule has 0 aromatic carbocycles. The molecule has 7 nitrogen and oxygen atoms in total. The number of hydrogen-bond acceptors (Lipinski definition) is 3. The van der Waals surface area contributed by atoms with Gasteiger partial charge in [0.15, 0.2) is 5.65 Å². The van der Waals surface area contributed by atoms with Crippen molar-refractivity contribution in [3.8, 4) is 0 Å². The predicted octanol–water partition coefficient (Wildman–Crippen LogP) is 2.64. The maximum Gasteiger partial charge on any atom is 0.407 e. The number of likely N-dealkylation sites (tertiary alicyclic amines) is 1. The predicted molar refractivity (Wildman–Crippen MR) is 96.0 cm³/mol. The van der Waals surface area contributed by atoms with Crippen LogP contribution < -0.4 is 5.69 Å². The van der Waals surface area contributed by atoms with Crippen LogP contribution in [0.5, 0.6) is 0 Å². The third-order valence-electron chi connectivity index (χ3n) is 4.82. The van der Waals surface area contributed by atoms with E-state index in [1.165, 1.54) is 4.90 Å². The van der Waals surface area contributed by atoms with Crippen LogP contribution >= 0.6 is 0 Å². The summed E-state index contributed by atoms with van der Waals surface area (Å²) < 4.78 is 3.40. The third kappa shape index (κ3) is 3.41. The fourth-order valence-electron chi connectivity index (χ4n) is 3.51. The van der Waals surface area contributed by atoms with Crippen molar-refractivity contribution < 1.29 is 9.90 Å². The number of hydrogen-bond donors (Lipinski definition) is 1. The van der Waals surface area contributed by atoms with Crippen LogP contribution in [0.4, 0.5) is 4.79 Å². The number of carbonyl (C=O) groups is 1. The lowest BCUT2D eigenvalue weighted by atomic mass is 9.93. The monoisotopic (exact) mass is 346 g/mol. The van der Waals surface area contributed by atoms with Crippen LogP contribution in [0.1, 0.15) is 45.2 Å². The number of amides is 1. The Bertz CT molecular complexity index is 852. The number of fused-ring (bicyclic) bond motifs is 1. The molecule has 0 radical (unpaired) electrons. The highest BCUT2D eigenvalue weighted by atomic mass is 16.4. The molecule has 7 heteroatoms. The van der Waals surface area contributed by atoms with E-state index in [1.54, 1.807) is 16.2 Å². The Morgan fingerprint density at radius 2 is 1.92 bits per heavy atom. The van der Waals surface area contributed by atoms with Crippen LogP contribution in [0.15, 0.2) is 16.9 Å². The van der Waals surface area contributed by atoms with Gasteiger partial charge in [-0.1, -0.05) is 20.8 Å². The van der Waals surface area contributed by atoms with Crippen molar-refractivity contribution in [2.75, 3.05) is 13.1 Å². The van der Waals surface area contributed by atoms with Crippen LogP contribution in [-0.2, 0) is 13.6 Å². The first-order chi connectivity index (χ1) is 11.7. The molecule has 0 bridgehead atoms. The molecule has 25 heavy (non-hydrogen) atoms. The molecular formula is C18H26N4O3. The third-order valence-corrected chi connectivity index (χ3v) is 4.82. The van der Waals surface area contributed by atoms with Gasteiger partial charge < -0.3 is 10.0 Å². The molecule has 0 spiro atoms. The number of aryl methyl sites for hydroxylation is 1. The van der Waals surface area contributed by atoms with Crippen LogP contribution in [0, 0.1) is 5.41 Å². The molecule has 2 aromatic rings. The summed E-state index contributed by atoms with van der Waals surface area (Å²) in [6, 6.07) is 3.97. The molecule has 2 aromatic heterocycles. The average molecular weight is 346 g/mol. The van der Waals surface area contributed by atoms with Crippen LogP contribution in [-0.4, -0.2) is 43.3 Å². The average Bonchev–Trinajstić information content (AvgIpc) is 2.78. The number of piperidine rings is 1. The van der Waals surface area contributed by atoms with Crippen molar-refractivity contribution >= 4 is 17.3 Å². The van der Waals surface area contributed by atoms with Gasteiger partial charge in [0.25, 0.3) is 0 Å². The number of pyridine rings is 1. The van der Waals surface area contributed by atoms with E-state index in [0.717, 1.165) is 24.1 Å². The lowest BCUT2D eigenvalue weighted by Crippen LogP contribution is -2.36. The highest BCUT2D eigenvalue weighted by molar-refractivity contribution is 5.72. The lowest BCUT2D eigenvalue weighted by molar-refractivity contribution is 0.132. The van der Waals surface area contributed by atoms with Gasteiger partial charge in [0.05, 0.1) is 5.52 Å². The van der Waals surface area contributed by atoms with Crippen molar-refractivity contribution in [2.24, 2.45) is 12.5 Å². The summed E-state index contributed by atoms with van der Waals surface area (Å²) in [6.07, 6.45) is 0.673. The van der Waals surface area contributed by atoms with Gasteiger partial charge in [0, 0.05) is 38.3 Å². The van der Waals surface area contributed by atoms with Crippen molar-refractivity contribution in [1.29, 1.82) is 0 Å². The molecule has 1 aliphatic heterocycles. The van der Waals surface area contributed by atoms with Gasteiger partial charge in [0.1, 0.15) is 0 Å². The Morgan fingerprint density at radius 1 is 1.28 bits per heavy atom. The van der Waals surface area contributed by atoms with Gasteiger partial charge in [-0.15, -0.1) is 0 Å². The molecule has 3 heterocycles. The number of nitrogens with zero attached hydrogens (tertiary/aromatic N) is 4. The SMILES string of the molecule is Cn1c(=O)n(CC(C)(C)C)c2ccc(C3CCN(C(=O)O)CC3)nc21. The number of aromatic nitrogens is 3. The zero-order valence-corrected chi connectivity index (χ0v) is 15.3. The number of carboxylic acid groups (broad SMARTS) is 1. The maximum absolute atomic E-state index is 12.6. The van der Waals surface area contributed by atoms with Crippen LogP contribution in [0.25, 0.3) is 11.2 Å². The molecule has 1 amide bonds. The Kier molecular flexibility index (Phi) is 4.34. The summed E-state index contributed by atoms with van der Waals surface area (Å²) in [4.78, 5) is 29.8. The van der Waals surface area contributed by atoms with E-state index in [1.807, 2.05) is 12.1 Å². The zero-order chi connectivity index (χ0) is 18.4. The minimum atomic E-state index is -0.858. The van der Waals surface area contributed by atoms with E-state index >= 15 is 0 Å². The van der Waals surface area contributed by atoms with Crippen molar-refractivity contribution in [3.05, 3.63) is 28.3 Å². The largest absolute Gasteiger partial charge is 0.465 e. The van der Waals surface area contributed by atoms with Crippen molar-refractivity contribution in [2.45, 2.75) is 46.1 Å². The fraction of sp³-hybridized carbons (Fsp3) is 0.611. The molecule has 0 aliphatic carbocycles. The highest BCUT2D eigenvalue weighted by Gasteiger charge is 2.25. The molecule has 1 N–H and O–H groups in total. The summed E-state index contributed by atoms with van der Waals surface area (Å²) in [7, 11) is 1.76. The van der Waals surface area contributed by atoms with Crippen molar-refractivity contribution in [1.82, 2.24) is 19.0 Å². The molecule has 0 unspecified atom stereocenters. The van der Waals surface area contributed by atoms with E-state index in [4.69, 9.17) is 10.1 Å². The molecule has 136 valence electrons. The second kappa shape index (κ2) is 6.20. The minimum Gasteiger partial charge on any atom is -0.465 e. The maximum atomic E-state index is 12.6. The molecule has 1 saturated heterocycles. The van der Waals surface area contributed by atoms with E-state index in [2.05, 4.69) is 20.8 Å². The Labute approximate surface area is 146 Å². The first-order valence-corrected chi connectivity index (χ1v) is 8.71. The highest BCUT2D eigenvalue weighted by Crippen LogP contribution is 2.28. The minimum absolute atomic E-state index is 0.000439. The Balaban J connectivity index is 1.92. The fourth-order valence-corrected chi connectivity index (χ4v) is 3.51. The topological polar surface area (TPSA) is 80.4 Å². The van der Waals surface area contributed by atoms with E-state index in [0.29, 0.717) is 25.3 Å². The lowest BCUT2D eigenvalue weighted by Gasteiger charge is -2.29. The van der Waals surface area contributed by atoms with E-state index < -0.39 is 6.09 Å². The molecule has 1 aliphatic rings. The van der Waals surface area contributed by atoms with Crippen LogP contribution in [0.2, 0.25) is 0 Å². The van der Waals surface area contributed by atoms with Crippen LogP contribution in [0.3, 0.4) is 0 Å². The van der Waals surface area contributed by atoms with Gasteiger partial charge in [-0.2, -0.15) is 0 Å². The zero-order valence-electron chi connectivity index (χ0n) is 15.3. The second-order valence-electron chi connectivity index (χ2n) is 8.11. The number of imidazole rings is 1. The first-order valence-electron chi connectivity index (χ1n) is 8.71. The van der Waals surface area contributed by atoms with E-state index in [-0.39, 0.29) is 17.0 Å². The summed E-state index contributed by atoms with van der Waals surface area (Å²) >= 11 is 0. The Morgan fingerprint density at radius 3 is 2.48 bits per heavy atom.